The van der Waals surface area contributed by atoms with Gasteiger partial charge in [0.15, 0.2) is 0 Å². The molecule has 1 aromatic rings. The molecule has 1 fully saturated rings. The Hall–Kier alpha value is -1.00. The predicted molar refractivity (Wildman–Crippen MR) is 61.1 cm³/mol. The minimum Gasteiger partial charge on any atom is -0.480 e. The third-order valence-electron chi connectivity index (χ3n) is 2.65. The van der Waals surface area contributed by atoms with Crippen molar-refractivity contribution in [1.29, 1.82) is 0 Å². The van der Waals surface area contributed by atoms with Crippen LogP contribution in [0.3, 0.4) is 0 Å². The maximum Gasteiger partial charge on any atom is 0.325 e. The van der Waals surface area contributed by atoms with Gasteiger partial charge >= 0.3 is 5.97 Å². The van der Waals surface area contributed by atoms with Crippen molar-refractivity contribution in [1.82, 2.24) is 0 Å². The molecule has 1 aliphatic heterocycles. The molecule has 1 aromatic carbocycles. The van der Waals surface area contributed by atoms with Crippen LogP contribution >= 0.6 is 11.8 Å². The smallest absolute Gasteiger partial charge is 0.325 e. The van der Waals surface area contributed by atoms with Gasteiger partial charge in [0, 0.05) is 17.4 Å². The van der Waals surface area contributed by atoms with E-state index in [9.17, 15) is 4.79 Å². The summed E-state index contributed by atoms with van der Waals surface area (Å²) >= 11 is 1.91. The Balaban J connectivity index is 2.21. The maximum atomic E-state index is 10.7. The Bertz CT molecular complexity index is 377. The van der Waals surface area contributed by atoms with Crippen molar-refractivity contribution in [3.63, 3.8) is 0 Å². The molecule has 0 bridgehead atoms. The molecule has 1 heterocycles. The average Bonchev–Trinajstić information content (AvgIpc) is 2.14. The molecule has 0 saturated carbocycles. The molecule has 0 spiro atoms. The number of carboxylic acid groups (broad SMARTS) is 1. The zero-order valence-electron chi connectivity index (χ0n) is 8.22. The van der Waals surface area contributed by atoms with Gasteiger partial charge in [0.25, 0.3) is 0 Å². The summed E-state index contributed by atoms with van der Waals surface area (Å²) in [5.41, 5.74) is 7.46. The van der Waals surface area contributed by atoms with Gasteiger partial charge in [-0.3, -0.25) is 4.79 Å². The lowest BCUT2D eigenvalue weighted by molar-refractivity contribution is -0.138. The minimum absolute atomic E-state index is 0.580. The first-order chi connectivity index (χ1) is 7.18. The van der Waals surface area contributed by atoms with Crippen LogP contribution in [0.5, 0.6) is 0 Å². The maximum absolute atomic E-state index is 10.7. The first-order valence-corrected chi connectivity index (χ1v) is 6.00. The SMILES string of the molecule is NC(C(=O)O)c1cccc(C2CSC2)c1. The third-order valence-corrected chi connectivity index (χ3v) is 3.92. The predicted octanol–water partition coefficient (Wildman–Crippen LogP) is 1.60. The summed E-state index contributed by atoms with van der Waals surface area (Å²) in [7, 11) is 0. The van der Waals surface area contributed by atoms with Gasteiger partial charge in [0.1, 0.15) is 6.04 Å². The highest BCUT2D eigenvalue weighted by molar-refractivity contribution is 8.00. The molecule has 0 aliphatic carbocycles. The number of carboxylic acids is 1. The van der Waals surface area contributed by atoms with Crippen LogP contribution in [0.2, 0.25) is 0 Å². The van der Waals surface area contributed by atoms with Crippen molar-refractivity contribution in [2.75, 3.05) is 11.5 Å². The van der Waals surface area contributed by atoms with Crippen LogP contribution in [0, 0.1) is 0 Å². The van der Waals surface area contributed by atoms with E-state index in [1.54, 1.807) is 6.07 Å². The number of nitrogens with two attached hydrogens (primary N) is 1. The number of carbonyl (C=O) groups is 1. The summed E-state index contributed by atoms with van der Waals surface area (Å²) in [4.78, 5) is 10.7. The van der Waals surface area contributed by atoms with E-state index in [1.807, 2.05) is 30.0 Å². The van der Waals surface area contributed by atoms with Gasteiger partial charge in [0.05, 0.1) is 0 Å². The van der Waals surface area contributed by atoms with Crippen molar-refractivity contribution in [3.05, 3.63) is 35.4 Å². The molecule has 1 atom stereocenters. The Morgan fingerprint density at radius 2 is 2.27 bits per heavy atom. The standard InChI is InChI=1S/C11H13NO2S/c12-10(11(13)14)8-3-1-2-7(4-8)9-5-15-6-9/h1-4,9-10H,5-6,12H2,(H,13,14). The van der Waals surface area contributed by atoms with E-state index in [4.69, 9.17) is 10.8 Å². The van der Waals surface area contributed by atoms with Crippen LogP contribution in [0.15, 0.2) is 24.3 Å². The van der Waals surface area contributed by atoms with E-state index in [1.165, 1.54) is 5.56 Å². The molecule has 1 aliphatic rings. The summed E-state index contributed by atoms with van der Waals surface area (Å²) in [6.07, 6.45) is 0. The van der Waals surface area contributed by atoms with Crippen LogP contribution in [-0.4, -0.2) is 22.6 Å². The highest BCUT2D eigenvalue weighted by Crippen LogP contribution is 2.34. The second kappa shape index (κ2) is 4.24. The Labute approximate surface area is 92.7 Å². The molecule has 4 heteroatoms. The molecular weight excluding hydrogens is 210 g/mol. The highest BCUT2D eigenvalue weighted by Gasteiger charge is 2.21. The van der Waals surface area contributed by atoms with Crippen molar-refractivity contribution in [2.45, 2.75) is 12.0 Å². The second-order valence-corrected chi connectivity index (χ2v) is 4.80. The number of aliphatic carboxylic acids is 1. The lowest BCUT2D eigenvalue weighted by Gasteiger charge is -2.25. The van der Waals surface area contributed by atoms with Gasteiger partial charge in [0.2, 0.25) is 0 Å². The number of hydrogen-bond acceptors (Lipinski definition) is 3. The first kappa shape index (κ1) is 10.5. The summed E-state index contributed by atoms with van der Waals surface area (Å²) in [6, 6.07) is 6.72. The van der Waals surface area contributed by atoms with E-state index < -0.39 is 12.0 Å². The molecule has 15 heavy (non-hydrogen) atoms. The molecule has 0 radical (unpaired) electrons. The molecule has 80 valence electrons. The monoisotopic (exact) mass is 223 g/mol. The number of benzene rings is 1. The van der Waals surface area contributed by atoms with Crippen molar-refractivity contribution in [3.8, 4) is 0 Å². The Morgan fingerprint density at radius 1 is 1.53 bits per heavy atom. The van der Waals surface area contributed by atoms with Gasteiger partial charge in [-0.2, -0.15) is 11.8 Å². The van der Waals surface area contributed by atoms with Gasteiger partial charge in [-0.1, -0.05) is 24.3 Å². The van der Waals surface area contributed by atoms with Crippen LogP contribution < -0.4 is 5.73 Å². The topological polar surface area (TPSA) is 63.3 Å². The fourth-order valence-corrected chi connectivity index (χ4v) is 2.43. The Kier molecular flexibility index (Phi) is 2.98. The fourth-order valence-electron chi connectivity index (χ4n) is 1.58. The van der Waals surface area contributed by atoms with E-state index in [2.05, 4.69) is 0 Å². The largest absolute Gasteiger partial charge is 0.480 e. The number of rotatable bonds is 3. The van der Waals surface area contributed by atoms with E-state index in [-0.39, 0.29) is 0 Å². The highest BCUT2D eigenvalue weighted by atomic mass is 32.2. The molecule has 1 unspecified atom stereocenters. The molecule has 0 aromatic heterocycles. The Morgan fingerprint density at radius 3 is 2.80 bits per heavy atom. The third kappa shape index (κ3) is 2.16. The minimum atomic E-state index is -0.977. The van der Waals surface area contributed by atoms with Gasteiger partial charge < -0.3 is 10.8 Å². The first-order valence-electron chi connectivity index (χ1n) is 4.84. The molecular formula is C11H13NO2S. The van der Waals surface area contributed by atoms with Crippen molar-refractivity contribution < 1.29 is 9.90 Å². The summed E-state index contributed by atoms with van der Waals surface area (Å²) in [5, 5.41) is 8.81. The van der Waals surface area contributed by atoms with Gasteiger partial charge in [-0.15, -0.1) is 0 Å². The van der Waals surface area contributed by atoms with Gasteiger partial charge in [-0.25, -0.2) is 0 Å². The summed E-state index contributed by atoms with van der Waals surface area (Å²) < 4.78 is 0. The van der Waals surface area contributed by atoms with Gasteiger partial charge in [-0.05, 0) is 11.1 Å². The molecule has 2 rings (SSSR count). The van der Waals surface area contributed by atoms with E-state index >= 15 is 0 Å². The second-order valence-electron chi connectivity index (χ2n) is 3.72. The van der Waals surface area contributed by atoms with Crippen molar-refractivity contribution in [2.24, 2.45) is 5.73 Å². The van der Waals surface area contributed by atoms with E-state index in [0.29, 0.717) is 11.5 Å². The number of thioether (sulfide) groups is 1. The van der Waals surface area contributed by atoms with E-state index in [0.717, 1.165) is 11.5 Å². The summed E-state index contributed by atoms with van der Waals surface area (Å²) in [5.74, 6) is 1.86. The fraction of sp³-hybridized carbons (Fsp3) is 0.364. The van der Waals surface area contributed by atoms with Crippen LogP contribution in [0.1, 0.15) is 23.1 Å². The van der Waals surface area contributed by atoms with Crippen LogP contribution in [0.4, 0.5) is 0 Å². The molecule has 3 N–H and O–H groups in total. The zero-order chi connectivity index (χ0) is 10.8. The van der Waals surface area contributed by atoms with Crippen molar-refractivity contribution >= 4 is 17.7 Å². The average molecular weight is 223 g/mol. The lowest BCUT2D eigenvalue weighted by atomic mass is 9.97. The molecule has 0 amide bonds. The zero-order valence-corrected chi connectivity index (χ0v) is 9.04. The van der Waals surface area contributed by atoms with Crippen LogP contribution in [0.25, 0.3) is 0 Å². The normalized spacial score (nSPS) is 18.2. The lowest BCUT2D eigenvalue weighted by Crippen LogP contribution is -2.21. The molecule has 1 saturated heterocycles. The quantitative estimate of drug-likeness (QED) is 0.817. The summed E-state index contributed by atoms with van der Waals surface area (Å²) in [6.45, 7) is 0. The number of hydrogen-bond donors (Lipinski definition) is 2. The van der Waals surface area contributed by atoms with Crippen LogP contribution in [-0.2, 0) is 4.79 Å². The molecule has 3 nitrogen and oxygen atoms in total.